The molecule has 0 aliphatic carbocycles. The van der Waals surface area contributed by atoms with Crippen molar-refractivity contribution in [2.24, 2.45) is 0 Å². The zero-order valence-corrected chi connectivity index (χ0v) is 10.1. The maximum absolute atomic E-state index is 11.3. The van der Waals surface area contributed by atoms with Crippen molar-refractivity contribution in [1.82, 2.24) is 14.9 Å². The molecule has 0 unspecified atom stereocenters. The van der Waals surface area contributed by atoms with Crippen LogP contribution in [0.3, 0.4) is 0 Å². The van der Waals surface area contributed by atoms with Gasteiger partial charge in [-0.1, -0.05) is 0 Å². The van der Waals surface area contributed by atoms with Gasteiger partial charge in [0, 0.05) is 25.5 Å². The number of ether oxygens (including phenoxy) is 1. The summed E-state index contributed by atoms with van der Waals surface area (Å²) >= 11 is 0. The largest absolute Gasteiger partial charge is 0.459 e. The standard InChI is InChI=1S/C11H19N3O2/c1-11(2,3)16-10(15)8-12-4-6-14-7-5-13-9-14/h5,7,9,12H,4,6,8H2,1-3H3. The van der Waals surface area contributed by atoms with Gasteiger partial charge in [0.25, 0.3) is 0 Å². The molecular formula is C11H19N3O2. The van der Waals surface area contributed by atoms with Crippen molar-refractivity contribution in [2.75, 3.05) is 13.1 Å². The lowest BCUT2D eigenvalue weighted by Gasteiger charge is -2.19. The van der Waals surface area contributed by atoms with Gasteiger partial charge in [0.15, 0.2) is 0 Å². The van der Waals surface area contributed by atoms with Crippen molar-refractivity contribution in [1.29, 1.82) is 0 Å². The average Bonchev–Trinajstić information content (AvgIpc) is 2.62. The Morgan fingerprint density at radius 2 is 2.25 bits per heavy atom. The summed E-state index contributed by atoms with van der Waals surface area (Å²) in [5.74, 6) is -0.224. The van der Waals surface area contributed by atoms with Crippen LogP contribution in [0.4, 0.5) is 0 Å². The molecule has 1 aromatic rings. The average molecular weight is 225 g/mol. The van der Waals surface area contributed by atoms with E-state index in [0.29, 0.717) is 0 Å². The smallest absolute Gasteiger partial charge is 0.320 e. The van der Waals surface area contributed by atoms with E-state index in [0.717, 1.165) is 13.1 Å². The first kappa shape index (κ1) is 12.7. The Hall–Kier alpha value is -1.36. The molecule has 0 spiro atoms. The highest BCUT2D eigenvalue weighted by molar-refractivity contribution is 5.72. The summed E-state index contributed by atoms with van der Waals surface area (Å²) in [6.07, 6.45) is 5.36. The highest BCUT2D eigenvalue weighted by Crippen LogP contribution is 2.05. The van der Waals surface area contributed by atoms with Crippen LogP contribution in [-0.4, -0.2) is 34.2 Å². The van der Waals surface area contributed by atoms with Gasteiger partial charge in [-0.25, -0.2) is 4.98 Å². The first-order valence-corrected chi connectivity index (χ1v) is 5.36. The zero-order chi connectivity index (χ0) is 12.0. The summed E-state index contributed by atoms with van der Waals surface area (Å²) in [6, 6.07) is 0. The van der Waals surface area contributed by atoms with Crippen LogP contribution in [0.25, 0.3) is 0 Å². The lowest BCUT2D eigenvalue weighted by atomic mass is 10.2. The van der Waals surface area contributed by atoms with Gasteiger partial charge in [-0.2, -0.15) is 0 Å². The molecule has 1 aromatic heterocycles. The van der Waals surface area contributed by atoms with E-state index in [9.17, 15) is 4.79 Å². The molecule has 1 N–H and O–H groups in total. The van der Waals surface area contributed by atoms with Crippen LogP contribution in [-0.2, 0) is 16.1 Å². The molecule has 0 aliphatic rings. The summed E-state index contributed by atoms with van der Waals surface area (Å²) in [5.41, 5.74) is -0.414. The Balaban J connectivity index is 2.09. The van der Waals surface area contributed by atoms with Crippen molar-refractivity contribution in [3.05, 3.63) is 18.7 Å². The molecule has 5 heteroatoms. The van der Waals surface area contributed by atoms with Crippen LogP contribution in [0, 0.1) is 0 Å². The van der Waals surface area contributed by atoms with Gasteiger partial charge in [0.1, 0.15) is 5.60 Å². The van der Waals surface area contributed by atoms with Gasteiger partial charge in [-0.05, 0) is 20.8 Å². The second kappa shape index (κ2) is 5.65. The number of imidazole rings is 1. The van der Waals surface area contributed by atoms with Crippen molar-refractivity contribution in [3.8, 4) is 0 Å². The minimum Gasteiger partial charge on any atom is -0.459 e. The fourth-order valence-corrected chi connectivity index (χ4v) is 1.20. The lowest BCUT2D eigenvalue weighted by molar-refractivity contribution is -0.153. The van der Waals surface area contributed by atoms with E-state index >= 15 is 0 Å². The second-order valence-corrected chi connectivity index (χ2v) is 4.56. The molecule has 0 aliphatic heterocycles. The third-order valence-electron chi connectivity index (χ3n) is 1.80. The molecule has 90 valence electrons. The minimum absolute atomic E-state index is 0.224. The third-order valence-corrected chi connectivity index (χ3v) is 1.80. The Kier molecular flexibility index (Phi) is 4.49. The number of nitrogens with zero attached hydrogens (tertiary/aromatic N) is 2. The van der Waals surface area contributed by atoms with Crippen LogP contribution in [0.5, 0.6) is 0 Å². The van der Waals surface area contributed by atoms with Gasteiger partial charge in [-0.15, -0.1) is 0 Å². The predicted molar refractivity (Wildman–Crippen MR) is 60.9 cm³/mol. The van der Waals surface area contributed by atoms with Gasteiger partial charge in [0.2, 0.25) is 0 Å². The maximum atomic E-state index is 11.3. The quantitative estimate of drug-likeness (QED) is 0.595. The van der Waals surface area contributed by atoms with E-state index in [4.69, 9.17) is 4.74 Å². The third kappa shape index (κ3) is 5.50. The van der Waals surface area contributed by atoms with Crippen LogP contribution >= 0.6 is 0 Å². The molecule has 0 amide bonds. The van der Waals surface area contributed by atoms with Crippen molar-refractivity contribution in [2.45, 2.75) is 32.9 Å². The van der Waals surface area contributed by atoms with Gasteiger partial charge < -0.3 is 14.6 Å². The molecule has 1 rings (SSSR count). The highest BCUT2D eigenvalue weighted by Gasteiger charge is 2.15. The number of carbonyl (C=O) groups excluding carboxylic acids is 1. The fraction of sp³-hybridized carbons (Fsp3) is 0.636. The molecule has 16 heavy (non-hydrogen) atoms. The number of hydrogen-bond donors (Lipinski definition) is 1. The van der Waals surface area contributed by atoms with Crippen molar-refractivity contribution in [3.63, 3.8) is 0 Å². The Morgan fingerprint density at radius 3 is 2.81 bits per heavy atom. The Labute approximate surface area is 95.8 Å². The number of nitrogens with one attached hydrogen (secondary N) is 1. The summed E-state index contributed by atoms with van der Waals surface area (Å²) < 4.78 is 7.10. The number of rotatable bonds is 5. The predicted octanol–water partition coefficient (Wildman–Crippen LogP) is 0.814. The summed E-state index contributed by atoms with van der Waals surface area (Å²) in [4.78, 5) is 15.2. The molecule has 0 fully saturated rings. The number of carbonyl (C=O) groups is 1. The van der Waals surface area contributed by atoms with E-state index in [1.54, 1.807) is 12.5 Å². The molecule has 5 nitrogen and oxygen atoms in total. The maximum Gasteiger partial charge on any atom is 0.320 e. The number of hydrogen-bond acceptors (Lipinski definition) is 4. The van der Waals surface area contributed by atoms with E-state index in [2.05, 4.69) is 10.3 Å². The molecule has 0 atom stereocenters. The highest BCUT2D eigenvalue weighted by atomic mass is 16.6. The lowest BCUT2D eigenvalue weighted by Crippen LogP contribution is -2.32. The summed E-state index contributed by atoms with van der Waals surface area (Å²) in [6.45, 7) is 7.33. The van der Waals surface area contributed by atoms with E-state index in [-0.39, 0.29) is 12.5 Å². The van der Waals surface area contributed by atoms with Gasteiger partial charge in [-0.3, -0.25) is 4.79 Å². The van der Waals surface area contributed by atoms with E-state index < -0.39 is 5.60 Å². The van der Waals surface area contributed by atoms with Gasteiger partial charge >= 0.3 is 5.97 Å². The number of aromatic nitrogens is 2. The Morgan fingerprint density at radius 1 is 1.50 bits per heavy atom. The topological polar surface area (TPSA) is 56.1 Å². The zero-order valence-electron chi connectivity index (χ0n) is 10.1. The Bertz CT molecular complexity index is 314. The van der Waals surface area contributed by atoms with Crippen molar-refractivity contribution < 1.29 is 9.53 Å². The molecule has 0 aromatic carbocycles. The number of esters is 1. The second-order valence-electron chi connectivity index (χ2n) is 4.56. The molecule has 1 heterocycles. The normalized spacial score (nSPS) is 11.4. The SMILES string of the molecule is CC(C)(C)OC(=O)CNCCn1ccnc1. The molecule has 0 bridgehead atoms. The van der Waals surface area contributed by atoms with Crippen molar-refractivity contribution >= 4 is 5.97 Å². The summed E-state index contributed by atoms with van der Waals surface area (Å²) in [5, 5.41) is 3.02. The molecular weight excluding hydrogens is 206 g/mol. The van der Waals surface area contributed by atoms with Crippen LogP contribution < -0.4 is 5.32 Å². The molecule has 0 saturated carbocycles. The van der Waals surface area contributed by atoms with E-state index in [1.807, 2.05) is 31.5 Å². The minimum atomic E-state index is -0.414. The van der Waals surface area contributed by atoms with Crippen LogP contribution in [0.2, 0.25) is 0 Å². The fourth-order valence-electron chi connectivity index (χ4n) is 1.20. The van der Waals surface area contributed by atoms with Crippen LogP contribution in [0.1, 0.15) is 20.8 Å². The molecule has 0 radical (unpaired) electrons. The first-order chi connectivity index (χ1) is 7.47. The molecule has 0 saturated heterocycles. The van der Waals surface area contributed by atoms with E-state index in [1.165, 1.54) is 0 Å². The van der Waals surface area contributed by atoms with Gasteiger partial charge in [0.05, 0.1) is 12.9 Å². The first-order valence-electron chi connectivity index (χ1n) is 5.36. The summed E-state index contributed by atoms with van der Waals surface area (Å²) in [7, 11) is 0. The monoisotopic (exact) mass is 225 g/mol. The van der Waals surface area contributed by atoms with Crippen LogP contribution in [0.15, 0.2) is 18.7 Å².